The Kier molecular flexibility index (Phi) is 6.01. The number of anilines is 1. The first-order chi connectivity index (χ1) is 10.1. The third-order valence-corrected chi connectivity index (χ3v) is 3.12. The molecule has 0 spiro atoms. The molecule has 1 aromatic carbocycles. The Hall–Kier alpha value is -1.99. The summed E-state index contributed by atoms with van der Waals surface area (Å²) in [5.74, 6) is -0.219. The van der Waals surface area contributed by atoms with Gasteiger partial charge in [0.15, 0.2) is 0 Å². The minimum Gasteiger partial charge on any atom is -0.389 e. The summed E-state index contributed by atoms with van der Waals surface area (Å²) in [4.78, 5) is 24.1. The fourth-order valence-electron chi connectivity index (χ4n) is 2.12. The van der Waals surface area contributed by atoms with Crippen LogP contribution in [-0.4, -0.2) is 46.1 Å². The summed E-state index contributed by atoms with van der Waals surface area (Å²) in [6, 6.07) is 4.30. The van der Waals surface area contributed by atoms with E-state index in [1.165, 1.54) is 18.2 Å². The van der Waals surface area contributed by atoms with Gasteiger partial charge in [-0.25, -0.2) is 0 Å². The van der Waals surface area contributed by atoms with Gasteiger partial charge < -0.3 is 10.4 Å². The molecule has 0 heterocycles. The molecule has 0 bridgehead atoms. The normalized spacial score (nSPS) is 11.5. The maximum Gasteiger partial charge on any atom is 0.269 e. The van der Waals surface area contributed by atoms with Crippen molar-refractivity contribution in [2.75, 3.05) is 25.0 Å². The molecular formula is C15H23N3O4. The van der Waals surface area contributed by atoms with Crippen LogP contribution in [0, 0.1) is 17.0 Å². The molecular weight excluding hydrogens is 286 g/mol. The average molecular weight is 309 g/mol. The Labute approximate surface area is 130 Å². The van der Waals surface area contributed by atoms with E-state index >= 15 is 0 Å². The largest absolute Gasteiger partial charge is 0.389 e. The first kappa shape index (κ1) is 18.1. The first-order valence-corrected chi connectivity index (χ1v) is 7.12. The molecule has 1 rings (SSSR count). The molecule has 0 aliphatic heterocycles. The highest BCUT2D eigenvalue weighted by atomic mass is 16.6. The summed E-state index contributed by atoms with van der Waals surface area (Å²) >= 11 is 0. The number of likely N-dealkylation sites (N-methyl/N-ethyl adjacent to an activating group) is 1. The van der Waals surface area contributed by atoms with Gasteiger partial charge in [0.25, 0.3) is 5.69 Å². The Morgan fingerprint density at radius 3 is 2.55 bits per heavy atom. The number of non-ortho nitro benzene ring substituents is 1. The number of benzene rings is 1. The van der Waals surface area contributed by atoms with E-state index in [0.717, 1.165) is 0 Å². The second-order valence-electron chi connectivity index (χ2n) is 5.92. The lowest BCUT2D eigenvalue weighted by Crippen LogP contribution is -2.42. The average Bonchev–Trinajstić information content (AvgIpc) is 2.38. The number of nitro benzene ring substituents is 1. The smallest absolute Gasteiger partial charge is 0.269 e. The lowest BCUT2D eigenvalue weighted by atomic mass is 10.1. The Morgan fingerprint density at radius 1 is 1.45 bits per heavy atom. The summed E-state index contributed by atoms with van der Waals surface area (Å²) in [6.07, 6.45) is 0. The van der Waals surface area contributed by atoms with E-state index in [4.69, 9.17) is 0 Å². The molecule has 0 unspecified atom stereocenters. The van der Waals surface area contributed by atoms with Crippen LogP contribution >= 0.6 is 0 Å². The van der Waals surface area contributed by atoms with Crippen LogP contribution in [0.4, 0.5) is 11.4 Å². The third-order valence-electron chi connectivity index (χ3n) is 3.12. The lowest BCUT2D eigenvalue weighted by molar-refractivity contribution is -0.384. The van der Waals surface area contributed by atoms with E-state index < -0.39 is 10.5 Å². The quantitative estimate of drug-likeness (QED) is 0.592. The molecule has 0 fully saturated rings. The fraction of sp³-hybridized carbons (Fsp3) is 0.533. The molecule has 7 heteroatoms. The SMILES string of the molecule is CCN(CC(=O)Nc1ccc([N+](=O)[O-])cc1C)CC(C)(C)O. The molecule has 1 aromatic rings. The molecule has 22 heavy (non-hydrogen) atoms. The maximum absolute atomic E-state index is 12.1. The number of rotatable bonds is 7. The van der Waals surface area contributed by atoms with Gasteiger partial charge in [-0.05, 0) is 38.9 Å². The highest BCUT2D eigenvalue weighted by Gasteiger charge is 2.19. The fourth-order valence-corrected chi connectivity index (χ4v) is 2.12. The number of carbonyl (C=O) groups is 1. The molecule has 0 radical (unpaired) electrons. The highest BCUT2D eigenvalue weighted by molar-refractivity contribution is 5.93. The Bertz CT molecular complexity index is 552. The van der Waals surface area contributed by atoms with Crippen LogP contribution in [0.1, 0.15) is 26.3 Å². The summed E-state index contributed by atoms with van der Waals surface area (Å²) < 4.78 is 0. The Balaban J connectivity index is 2.70. The van der Waals surface area contributed by atoms with Crippen molar-refractivity contribution in [2.45, 2.75) is 33.3 Å². The number of aryl methyl sites for hydroxylation is 1. The van der Waals surface area contributed by atoms with Crippen LogP contribution in [0.5, 0.6) is 0 Å². The zero-order valence-electron chi connectivity index (χ0n) is 13.4. The molecule has 2 N–H and O–H groups in total. The molecule has 0 saturated carbocycles. The summed E-state index contributed by atoms with van der Waals surface area (Å²) in [7, 11) is 0. The van der Waals surface area contributed by atoms with Crippen LogP contribution in [0.2, 0.25) is 0 Å². The maximum atomic E-state index is 12.1. The molecule has 0 atom stereocenters. The Morgan fingerprint density at radius 2 is 2.09 bits per heavy atom. The monoisotopic (exact) mass is 309 g/mol. The van der Waals surface area contributed by atoms with E-state index in [-0.39, 0.29) is 18.1 Å². The van der Waals surface area contributed by atoms with Gasteiger partial charge in [-0.3, -0.25) is 19.8 Å². The summed E-state index contributed by atoms with van der Waals surface area (Å²) in [6.45, 7) is 8.17. The zero-order chi connectivity index (χ0) is 16.9. The van der Waals surface area contributed by atoms with Crippen molar-refractivity contribution < 1.29 is 14.8 Å². The second kappa shape index (κ2) is 7.33. The molecule has 0 aromatic heterocycles. The van der Waals surface area contributed by atoms with Crippen LogP contribution in [0.25, 0.3) is 0 Å². The summed E-state index contributed by atoms with van der Waals surface area (Å²) in [5, 5.41) is 23.2. The van der Waals surface area contributed by atoms with Gasteiger partial charge in [0.1, 0.15) is 0 Å². The van der Waals surface area contributed by atoms with Crippen molar-refractivity contribution in [3.05, 3.63) is 33.9 Å². The number of nitrogens with one attached hydrogen (secondary N) is 1. The van der Waals surface area contributed by atoms with Gasteiger partial charge in [-0.2, -0.15) is 0 Å². The predicted octanol–water partition coefficient (Wildman–Crippen LogP) is 1.93. The van der Waals surface area contributed by atoms with Gasteiger partial charge in [0, 0.05) is 24.4 Å². The molecule has 0 aliphatic rings. The van der Waals surface area contributed by atoms with Crippen molar-refractivity contribution in [3.8, 4) is 0 Å². The van der Waals surface area contributed by atoms with E-state index in [1.54, 1.807) is 20.8 Å². The van der Waals surface area contributed by atoms with Gasteiger partial charge in [0.2, 0.25) is 5.91 Å². The van der Waals surface area contributed by atoms with Crippen molar-refractivity contribution in [1.29, 1.82) is 0 Å². The first-order valence-electron chi connectivity index (χ1n) is 7.12. The number of aliphatic hydroxyl groups is 1. The van der Waals surface area contributed by atoms with Crippen molar-refractivity contribution in [1.82, 2.24) is 4.90 Å². The van der Waals surface area contributed by atoms with Gasteiger partial charge in [-0.1, -0.05) is 6.92 Å². The summed E-state index contributed by atoms with van der Waals surface area (Å²) in [5.41, 5.74) is 0.301. The molecule has 0 saturated heterocycles. The zero-order valence-corrected chi connectivity index (χ0v) is 13.4. The number of nitrogens with zero attached hydrogens (tertiary/aromatic N) is 2. The van der Waals surface area contributed by atoms with Crippen molar-refractivity contribution >= 4 is 17.3 Å². The van der Waals surface area contributed by atoms with E-state index in [9.17, 15) is 20.0 Å². The van der Waals surface area contributed by atoms with Crippen LogP contribution in [0.15, 0.2) is 18.2 Å². The van der Waals surface area contributed by atoms with Crippen LogP contribution in [0.3, 0.4) is 0 Å². The van der Waals surface area contributed by atoms with Crippen molar-refractivity contribution in [2.24, 2.45) is 0 Å². The number of nitro groups is 1. The van der Waals surface area contributed by atoms with E-state index in [1.807, 2.05) is 11.8 Å². The van der Waals surface area contributed by atoms with Crippen LogP contribution in [-0.2, 0) is 4.79 Å². The second-order valence-corrected chi connectivity index (χ2v) is 5.92. The van der Waals surface area contributed by atoms with E-state index in [0.29, 0.717) is 24.3 Å². The third kappa shape index (κ3) is 5.79. The molecule has 1 amide bonds. The molecule has 122 valence electrons. The molecule has 7 nitrogen and oxygen atoms in total. The number of carbonyl (C=O) groups excluding carboxylic acids is 1. The topological polar surface area (TPSA) is 95.7 Å². The minimum atomic E-state index is -0.875. The van der Waals surface area contributed by atoms with Gasteiger partial charge in [-0.15, -0.1) is 0 Å². The number of hydrogen-bond donors (Lipinski definition) is 2. The highest BCUT2D eigenvalue weighted by Crippen LogP contribution is 2.21. The number of amides is 1. The van der Waals surface area contributed by atoms with Gasteiger partial charge >= 0.3 is 0 Å². The van der Waals surface area contributed by atoms with Crippen LogP contribution < -0.4 is 5.32 Å². The van der Waals surface area contributed by atoms with Gasteiger partial charge in [0.05, 0.1) is 17.1 Å². The minimum absolute atomic E-state index is 0.00675. The number of hydrogen-bond acceptors (Lipinski definition) is 5. The predicted molar refractivity (Wildman–Crippen MR) is 84.9 cm³/mol. The van der Waals surface area contributed by atoms with Crippen molar-refractivity contribution in [3.63, 3.8) is 0 Å². The molecule has 0 aliphatic carbocycles. The lowest BCUT2D eigenvalue weighted by Gasteiger charge is -2.27. The van der Waals surface area contributed by atoms with E-state index in [2.05, 4.69) is 5.32 Å². The standard InChI is InChI=1S/C15H23N3O4/c1-5-17(10-15(3,4)20)9-14(19)16-13-7-6-12(18(21)22)8-11(13)2/h6-8,20H,5,9-10H2,1-4H3,(H,16,19).